The van der Waals surface area contributed by atoms with Crippen LogP contribution in [0.15, 0.2) is 5.11 Å². The van der Waals surface area contributed by atoms with Gasteiger partial charge < -0.3 is 25.6 Å². The average molecular weight is 343 g/mol. The van der Waals surface area contributed by atoms with Crippen molar-refractivity contribution in [2.75, 3.05) is 60.0 Å². The highest BCUT2D eigenvalue weighted by Gasteiger charge is 2.17. The largest absolute Gasteiger partial charge is 0.379 e. The van der Waals surface area contributed by atoms with Crippen molar-refractivity contribution in [3.05, 3.63) is 10.4 Å². The highest BCUT2D eigenvalue weighted by Crippen LogP contribution is 1.93. The van der Waals surface area contributed by atoms with Gasteiger partial charge in [-0.2, -0.15) is 0 Å². The molecule has 3 amide bonds. The number of carbonyl (C=O) groups excluding carboxylic acids is 3. The second-order valence-electron chi connectivity index (χ2n) is 4.96. The summed E-state index contributed by atoms with van der Waals surface area (Å²) in [6, 6.07) is 0. The van der Waals surface area contributed by atoms with Crippen molar-refractivity contribution in [1.82, 2.24) is 15.1 Å². The summed E-state index contributed by atoms with van der Waals surface area (Å²) in [6.07, 6.45) is 0.174. The van der Waals surface area contributed by atoms with Gasteiger partial charge in [-0.15, -0.1) is 0 Å². The molecular weight excluding hydrogens is 318 g/mol. The van der Waals surface area contributed by atoms with Gasteiger partial charge in [0.05, 0.1) is 26.3 Å². The number of nitrogens with zero attached hydrogens (tertiary/aromatic N) is 5. The predicted octanol–water partition coefficient (Wildman–Crippen LogP) is -1.30. The van der Waals surface area contributed by atoms with E-state index in [4.69, 9.17) is 16.0 Å². The first-order valence-electron chi connectivity index (χ1n) is 7.45. The number of amides is 3. The van der Waals surface area contributed by atoms with Crippen LogP contribution >= 0.6 is 0 Å². The van der Waals surface area contributed by atoms with Crippen molar-refractivity contribution in [3.63, 3.8) is 0 Å². The third-order valence-electron chi connectivity index (χ3n) is 2.93. The summed E-state index contributed by atoms with van der Waals surface area (Å²) in [5, 5.41) is 5.90. The molecule has 136 valence electrons. The normalized spacial score (nSPS) is 9.79. The number of carbonyl (C=O) groups is 3. The Hall–Kier alpha value is -2.36. The fraction of sp³-hybridized carbons (Fsp3) is 0.769. The maximum absolute atomic E-state index is 11.9. The summed E-state index contributed by atoms with van der Waals surface area (Å²) in [4.78, 5) is 40.3. The number of hydrogen-bond donors (Lipinski definition) is 2. The van der Waals surface area contributed by atoms with Crippen molar-refractivity contribution < 1.29 is 19.1 Å². The van der Waals surface area contributed by atoms with Crippen LogP contribution in [0.2, 0.25) is 0 Å². The van der Waals surface area contributed by atoms with Crippen LogP contribution in [-0.4, -0.2) is 87.6 Å². The average Bonchev–Trinajstić information content (AvgIpc) is 2.53. The lowest BCUT2D eigenvalue weighted by molar-refractivity contribution is -0.140. The van der Waals surface area contributed by atoms with Crippen molar-refractivity contribution in [3.8, 4) is 0 Å². The highest BCUT2D eigenvalue weighted by atomic mass is 16.5. The molecule has 0 rings (SSSR count). The molecule has 0 aliphatic heterocycles. The van der Waals surface area contributed by atoms with Crippen LogP contribution < -0.4 is 11.1 Å². The molecule has 0 aromatic heterocycles. The third kappa shape index (κ3) is 10.4. The molecule has 0 spiro atoms. The van der Waals surface area contributed by atoms with Gasteiger partial charge >= 0.3 is 0 Å². The van der Waals surface area contributed by atoms with Gasteiger partial charge in [0.15, 0.2) is 0 Å². The number of nitrogens with one attached hydrogen (secondary N) is 1. The minimum absolute atomic E-state index is 0.106. The molecule has 0 saturated carbocycles. The van der Waals surface area contributed by atoms with Gasteiger partial charge in [0.25, 0.3) is 0 Å². The molecule has 0 saturated heterocycles. The van der Waals surface area contributed by atoms with E-state index in [0.717, 1.165) is 0 Å². The SMILES string of the molecule is CN(CC(=O)NCCOCCN=[N+]=[N-])C(=O)CN(C)C(=O)CCN. The van der Waals surface area contributed by atoms with E-state index < -0.39 is 0 Å². The van der Waals surface area contributed by atoms with Crippen molar-refractivity contribution in [1.29, 1.82) is 0 Å². The minimum Gasteiger partial charge on any atom is -0.379 e. The van der Waals surface area contributed by atoms with Gasteiger partial charge in [-0.25, -0.2) is 0 Å². The molecule has 0 heterocycles. The Morgan fingerprint density at radius 3 is 2.46 bits per heavy atom. The first-order chi connectivity index (χ1) is 11.4. The lowest BCUT2D eigenvalue weighted by atomic mass is 10.3. The number of rotatable bonds is 12. The molecule has 0 aromatic rings. The van der Waals surface area contributed by atoms with E-state index in [2.05, 4.69) is 15.3 Å². The molecule has 0 fully saturated rings. The van der Waals surface area contributed by atoms with Crippen LogP contribution in [0, 0.1) is 0 Å². The maximum Gasteiger partial charge on any atom is 0.242 e. The minimum atomic E-state index is -0.344. The van der Waals surface area contributed by atoms with Gasteiger partial charge in [0.1, 0.15) is 0 Å². The first-order valence-corrected chi connectivity index (χ1v) is 7.45. The summed E-state index contributed by atoms with van der Waals surface area (Å²) in [5.74, 6) is -0.898. The smallest absolute Gasteiger partial charge is 0.242 e. The number of nitrogens with two attached hydrogens (primary N) is 1. The van der Waals surface area contributed by atoms with Crippen molar-refractivity contribution in [2.24, 2.45) is 10.8 Å². The molecule has 0 aliphatic rings. The third-order valence-corrected chi connectivity index (χ3v) is 2.93. The molecule has 0 aliphatic carbocycles. The summed E-state index contributed by atoms with van der Waals surface area (Å²) >= 11 is 0. The molecule has 11 heteroatoms. The molecule has 0 bridgehead atoms. The number of hydrogen-bond acceptors (Lipinski definition) is 6. The van der Waals surface area contributed by atoms with Crippen LogP contribution in [0.4, 0.5) is 0 Å². The van der Waals surface area contributed by atoms with E-state index in [1.807, 2.05) is 0 Å². The van der Waals surface area contributed by atoms with Gasteiger partial charge in [-0.1, -0.05) is 5.11 Å². The Balaban J connectivity index is 3.93. The summed E-state index contributed by atoms with van der Waals surface area (Å²) in [6.45, 7) is 1.08. The first kappa shape index (κ1) is 21.6. The summed E-state index contributed by atoms with van der Waals surface area (Å²) < 4.78 is 5.13. The van der Waals surface area contributed by atoms with E-state index in [1.54, 1.807) is 0 Å². The topological polar surface area (TPSA) is 154 Å². The number of likely N-dealkylation sites (N-methyl/N-ethyl adjacent to an activating group) is 2. The second kappa shape index (κ2) is 13.1. The second-order valence-corrected chi connectivity index (χ2v) is 4.96. The Labute approximate surface area is 140 Å². The fourth-order valence-electron chi connectivity index (χ4n) is 1.60. The predicted molar refractivity (Wildman–Crippen MR) is 86.8 cm³/mol. The van der Waals surface area contributed by atoms with Crippen molar-refractivity contribution >= 4 is 17.7 Å². The van der Waals surface area contributed by atoms with Gasteiger partial charge in [0.2, 0.25) is 17.7 Å². The van der Waals surface area contributed by atoms with E-state index in [1.165, 1.54) is 23.9 Å². The molecule has 0 atom stereocenters. The van der Waals surface area contributed by atoms with Crippen molar-refractivity contribution in [2.45, 2.75) is 6.42 Å². The Kier molecular flexibility index (Phi) is 11.8. The molecule has 3 N–H and O–H groups in total. The monoisotopic (exact) mass is 343 g/mol. The van der Waals surface area contributed by atoms with Crippen LogP contribution in [0.5, 0.6) is 0 Å². The number of azide groups is 1. The van der Waals surface area contributed by atoms with E-state index >= 15 is 0 Å². The standard InChI is InChI=1S/C13H25N7O4/c1-19(13(23)10-20(2)12(22)3-4-14)9-11(21)16-5-7-24-8-6-17-18-15/h3-10,14H2,1-2H3,(H,16,21). The van der Waals surface area contributed by atoms with E-state index in [9.17, 15) is 14.4 Å². The highest BCUT2D eigenvalue weighted by molar-refractivity contribution is 5.88. The van der Waals surface area contributed by atoms with Gasteiger partial charge in [0, 0.05) is 45.1 Å². The lowest BCUT2D eigenvalue weighted by Crippen LogP contribution is -2.44. The van der Waals surface area contributed by atoms with E-state index in [-0.39, 0.29) is 70.1 Å². The van der Waals surface area contributed by atoms with Gasteiger partial charge in [-0.05, 0) is 5.53 Å². The number of ether oxygens (including phenoxy) is 1. The van der Waals surface area contributed by atoms with Crippen LogP contribution in [0.3, 0.4) is 0 Å². The lowest BCUT2D eigenvalue weighted by Gasteiger charge is -2.21. The fourth-order valence-corrected chi connectivity index (χ4v) is 1.60. The quantitative estimate of drug-likeness (QED) is 0.195. The summed E-state index contributed by atoms with van der Waals surface area (Å²) in [7, 11) is 3.00. The Morgan fingerprint density at radius 1 is 1.17 bits per heavy atom. The van der Waals surface area contributed by atoms with Crippen LogP contribution in [-0.2, 0) is 19.1 Å². The van der Waals surface area contributed by atoms with Gasteiger partial charge in [-0.3, -0.25) is 14.4 Å². The summed E-state index contributed by atoms with van der Waals surface area (Å²) in [5.41, 5.74) is 13.4. The van der Waals surface area contributed by atoms with E-state index in [0.29, 0.717) is 0 Å². The molecule has 11 nitrogen and oxygen atoms in total. The molecular formula is C13H25N7O4. The Morgan fingerprint density at radius 2 is 1.83 bits per heavy atom. The molecule has 0 aromatic carbocycles. The molecule has 24 heavy (non-hydrogen) atoms. The Bertz CT molecular complexity index is 465. The molecule has 0 unspecified atom stereocenters. The zero-order valence-corrected chi connectivity index (χ0v) is 14.1. The molecule has 0 radical (unpaired) electrons. The van der Waals surface area contributed by atoms with Crippen LogP contribution in [0.1, 0.15) is 6.42 Å². The van der Waals surface area contributed by atoms with Crippen LogP contribution in [0.25, 0.3) is 10.4 Å². The maximum atomic E-state index is 11.9. The zero-order chi connectivity index (χ0) is 18.4. The zero-order valence-electron chi connectivity index (χ0n) is 14.1.